The number of ether oxygens (including phenoxy) is 1. The smallest absolute Gasteiger partial charge is 0.318 e. The van der Waals surface area contributed by atoms with Gasteiger partial charge in [-0.05, 0) is 105 Å². The summed E-state index contributed by atoms with van der Waals surface area (Å²) in [5.74, 6) is 3.11. The zero-order valence-corrected chi connectivity index (χ0v) is 20.5. The number of quaternary nitrogens is 1. The van der Waals surface area contributed by atoms with Gasteiger partial charge in [0, 0.05) is 12.1 Å². The highest BCUT2D eigenvalue weighted by atomic mass is 16.5. The van der Waals surface area contributed by atoms with Crippen LogP contribution in [0.2, 0.25) is 0 Å². The topological polar surface area (TPSA) is 26.3 Å². The van der Waals surface area contributed by atoms with Crippen LogP contribution in [0.25, 0.3) is 0 Å². The van der Waals surface area contributed by atoms with Crippen LogP contribution in [0.3, 0.4) is 0 Å². The van der Waals surface area contributed by atoms with Crippen molar-refractivity contribution >= 4 is 23.0 Å². The number of benzene rings is 3. The molecule has 178 valence electrons. The van der Waals surface area contributed by atoms with Gasteiger partial charge in [-0.1, -0.05) is 36.4 Å². The van der Waals surface area contributed by atoms with E-state index in [0.717, 1.165) is 37.1 Å². The predicted octanol–water partition coefficient (Wildman–Crippen LogP) is 7.80. The van der Waals surface area contributed by atoms with Crippen LogP contribution in [0, 0.1) is 28.6 Å². The molecule has 5 atom stereocenters. The molecule has 5 unspecified atom stereocenters. The van der Waals surface area contributed by atoms with Gasteiger partial charge in [-0.25, -0.2) is 4.48 Å². The molecule has 1 spiro atoms. The van der Waals surface area contributed by atoms with Gasteiger partial charge in [-0.2, -0.15) is 0 Å². The van der Waals surface area contributed by atoms with Gasteiger partial charge in [0.1, 0.15) is 22.8 Å². The highest BCUT2D eigenvalue weighted by Gasteiger charge is 2.77. The van der Waals surface area contributed by atoms with Crippen molar-refractivity contribution in [3.63, 3.8) is 0 Å². The Balaban J connectivity index is 1.20. The number of fused-ring (bicyclic) bond motifs is 2. The van der Waals surface area contributed by atoms with E-state index in [2.05, 4.69) is 79.7 Å². The standard InChI is InChI=1S/C32H34NO2/c1-2-33(26-9-5-3-6-10-26,27-11-7-4-8-12-27)28-13-15-29(16-14-28)35-30(34)32-21-24-17-23-18-25(22-32)31(32,19-23)20-24/h3-16,23-25H,2,17-22H2,1H3/q+1. The van der Waals surface area contributed by atoms with Crippen molar-refractivity contribution in [2.45, 2.75) is 45.4 Å². The second-order valence-corrected chi connectivity index (χ2v) is 11.6. The van der Waals surface area contributed by atoms with Gasteiger partial charge in [0.25, 0.3) is 0 Å². The summed E-state index contributed by atoms with van der Waals surface area (Å²) in [5.41, 5.74) is 3.67. The van der Waals surface area contributed by atoms with Crippen molar-refractivity contribution in [1.82, 2.24) is 4.48 Å². The van der Waals surface area contributed by atoms with Crippen molar-refractivity contribution in [1.29, 1.82) is 0 Å². The quantitative estimate of drug-likeness (QED) is 0.211. The van der Waals surface area contributed by atoms with Gasteiger partial charge in [0.15, 0.2) is 0 Å². The fourth-order valence-corrected chi connectivity index (χ4v) is 9.08. The Morgan fingerprint density at radius 3 is 2.00 bits per heavy atom. The van der Waals surface area contributed by atoms with Crippen LogP contribution in [0.4, 0.5) is 17.1 Å². The Kier molecular flexibility index (Phi) is 4.61. The fourth-order valence-electron chi connectivity index (χ4n) is 9.08. The molecule has 4 fully saturated rings. The molecule has 4 saturated carbocycles. The van der Waals surface area contributed by atoms with Crippen LogP contribution >= 0.6 is 0 Å². The number of nitrogens with zero attached hydrogens (tertiary/aromatic N) is 1. The van der Waals surface area contributed by atoms with Gasteiger partial charge in [-0.15, -0.1) is 0 Å². The third kappa shape index (κ3) is 2.79. The molecule has 0 radical (unpaired) electrons. The lowest BCUT2D eigenvalue weighted by atomic mass is 9.46. The molecule has 7 rings (SSSR count). The van der Waals surface area contributed by atoms with E-state index in [9.17, 15) is 4.79 Å². The lowest BCUT2D eigenvalue weighted by Crippen LogP contribution is -2.58. The number of esters is 1. The zero-order chi connectivity index (χ0) is 23.7. The molecule has 0 aliphatic heterocycles. The maximum absolute atomic E-state index is 13.7. The van der Waals surface area contributed by atoms with Crippen LogP contribution in [-0.2, 0) is 4.79 Å². The van der Waals surface area contributed by atoms with E-state index in [1.54, 1.807) is 0 Å². The normalized spacial score (nSPS) is 32.2. The summed E-state index contributed by atoms with van der Waals surface area (Å²) in [6.45, 7) is 3.11. The zero-order valence-electron chi connectivity index (χ0n) is 20.5. The molecule has 4 aliphatic carbocycles. The van der Waals surface area contributed by atoms with Crippen molar-refractivity contribution in [3.05, 3.63) is 84.9 Å². The Morgan fingerprint density at radius 2 is 1.37 bits per heavy atom. The summed E-state index contributed by atoms with van der Waals surface area (Å²) >= 11 is 0. The number of carbonyl (C=O) groups excluding carboxylic acids is 1. The Hall–Kier alpha value is -2.91. The van der Waals surface area contributed by atoms with Crippen molar-refractivity contribution < 1.29 is 9.53 Å². The number of carbonyl (C=O) groups is 1. The molecule has 3 aromatic rings. The molecule has 3 nitrogen and oxygen atoms in total. The van der Waals surface area contributed by atoms with E-state index in [0.29, 0.717) is 10.2 Å². The van der Waals surface area contributed by atoms with Crippen LogP contribution in [0.5, 0.6) is 5.75 Å². The molecule has 0 N–H and O–H groups in total. The summed E-state index contributed by atoms with van der Waals surface area (Å²) in [4.78, 5) is 13.7. The van der Waals surface area contributed by atoms with E-state index in [1.165, 1.54) is 42.7 Å². The Labute approximate surface area is 208 Å². The van der Waals surface area contributed by atoms with Gasteiger partial charge in [0.2, 0.25) is 0 Å². The molecule has 3 bridgehead atoms. The number of hydrogen-bond donors (Lipinski definition) is 0. The molecule has 0 aromatic heterocycles. The summed E-state index contributed by atoms with van der Waals surface area (Å²) < 4.78 is 6.78. The van der Waals surface area contributed by atoms with Crippen molar-refractivity contribution in [2.24, 2.45) is 28.6 Å². The molecule has 35 heavy (non-hydrogen) atoms. The highest BCUT2D eigenvalue weighted by Crippen LogP contribution is 2.81. The molecule has 3 heteroatoms. The van der Waals surface area contributed by atoms with Crippen LogP contribution in [0.15, 0.2) is 84.9 Å². The molecule has 0 saturated heterocycles. The average molecular weight is 465 g/mol. The van der Waals surface area contributed by atoms with E-state index < -0.39 is 0 Å². The second-order valence-electron chi connectivity index (χ2n) is 11.6. The monoisotopic (exact) mass is 464 g/mol. The molecule has 0 amide bonds. The first kappa shape index (κ1) is 21.4. The summed E-state index contributed by atoms with van der Waals surface area (Å²) in [7, 11) is 0. The number of rotatable bonds is 6. The average Bonchev–Trinajstić information content (AvgIpc) is 3.22. The maximum Gasteiger partial charge on any atom is 0.318 e. The molecule has 4 aliphatic rings. The second kappa shape index (κ2) is 7.54. The van der Waals surface area contributed by atoms with E-state index in [4.69, 9.17) is 4.74 Å². The Bertz CT molecular complexity index is 1210. The van der Waals surface area contributed by atoms with Gasteiger partial charge in [-0.3, -0.25) is 4.79 Å². The van der Waals surface area contributed by atoms with Crippen molar-refractivity contribution in [2.75, 3.05) is 6.54 Å². The SMILES string of the molecule is CC[N+](c1ccccc1)(c1ccccc1)c1ccc(OC(=O)C23CC4CC5CC(C2)C3(C5)C4)cc1. The third-order valence-corrected chi connectivity index (χ3v) is 10.3. The predicted molar refractivity (Wildman–Crippen MR) is 140 cm³/mol. The van der Waals surface area contributed by atoms with Gasteiger partial charge < -0.3 is 4.74 Å². The summed E-state index contributed by atoms with van der Waals surface area (Å²) in [6.07, 6.45) is 7.37. The van der Waals surface area contributed by atoms with Crippen LogP contribution in [0.1, 0.15) is 45.4 Å². The third-order valence-electron chi connectivity index (χ3n) is 10.3. The maximum atomic E-state index is 13.7. The molecular formula is C32H34NO2+. The van der Waals surface area contributed by atoms with Crippen molar-refractivity contribution in [3.8, 4) is 5.75 Å². The minimum absolute atomic E-state index is 0.0499. The van der Waals surface area contributed by atoms with Crippen LogP contribution < -0.4 is 9.22 Å². The van der Waals surface area contributed by atoms with Gasteiger partial charge in [0.05, 0.1) is 12.0 Å². The van der Waals surface area contributed by atoms with Gasteiger partial charge >= 0.3 is 5.97 Å². The molecule has 0 heterocycles. The minimum Gasteiger partial charge on any atom is -0.426 e. The first-order valence-corrected chi connectivity index (χ1v) is 13.4. The molecule has 3 aromatic carbocycles. The number of hydrogen-bond acceptors (Lipinski definition) is 2. The highest BCUT2D eigenvalue weighted by molar-refractivity contribution is 5.83. The number of para-hydroxylation sites is 2. The summed E-state index contributed by atoms with van der Waals surface area (Å²) in [6, 6.07) is 29.6. The van der Waals surface area contributed by atoms with E-state index in [1.807, 2.05) is 12.1 Å². The lowest BCUT2D eigenvalue weighted by Gasteiger charge is -2.56. The molecular weight excluding hydrogens is 430 g/mol. The van der Waals surface area contributed by atoms with E-state index in [-0.39, 0.29) is 16.8 Å². The Morgan fingerprint density at radius 1 is 0.771 bits per heavy atom. The first-order valence-electron chi connectivity index (χ1n) is 13.4. The van der Waals surface area contributed by atoms with E-state index >= 15 is 0 Å². The largest absolute Gasteiger partial charge is 0.426 e. The summed E-state index contributed by atoms with van der Waals surface area (Å²) in [5, 5.41) is 0. The minimum atomic E-state index is -0.205. The fraction of sp³-hybridized carbons (Fsp3) is 0.406. The van der Waals surface area contributed by atoms with Crippen LogP contribution in [-0.4, -0.2) is 12.5 Å². The lowest BCUT2D eigenvalue weighted by molar-refractivity contribution is -0.176. The first-order chi connectivity index (χ1) is 17.1.